The number of amides is 2. The number of hydrogen-bond acceptors (Lipinski definition) is 4. The second kappa shape index (κ2) is 8.48. The van der Waals surface area contributed by atoms with Crippen molar-refractivity contribution in [2.45, 2.75) is 6.92 Å². The summed E-state index contributed by atoms with van der Waals surface area (Å²) in [7, 11) is 0. The van der Waals surface area contributed by atoms with Crippen molar-refractivity contribution in [2.75, 3.05) is 6.61 Å². The lowest BCUT2D eigenvalue weighted by atomic mass is 10.1. The van der Waals surface area contributed by atoms with E-state index in [1.807, 2.05) is 71.4 Å². The number of aromatic nitrogens is 2. The van der Waals surface area contributed by atoms with Crippen LogP contribution in [0.15, 0.2) is 78.9 Å². The van der Waals surface area contributed by atoms with Gasteiger partial charge in [0.25, 0.3) is 5.91 Å². The van der Waals surface area contributed by atoms with E-state index in [0.717, 1.165) is 27.8 Å². The molecule has 0 saturated heterocycles. The average Bonchev–Trinajstić information content (AvgIpc) is 3.18. The first-order valence-corrected chi connectivity index (χ1v) is 9.54. The molecule has 7 nitrogen and oxygen atoms in total. The van der Waals surface area contributed by atoms with Gasteiger partial charge in [0.15, 0.2) is 0 Å². The third-order valence-corrected chi connectivity index (χ3v) is 4.56. The molecule has 0 radical (unpaired) electrons. The molecular formula is C23H20N4O3. The molecular weight excluding hydrogens is 380 g/mol. The second-order valence-electron chi connectivity index (χ2n) is 6.49. The van der Waals surface area contributed by atoms with Crippen LogP contribution in [0, 0.1) is 0 Å². The summed E-state index contributed by atoms with van der Waals surface area (Å²) in [5, 5.41) is 5.87. The first-order chi connectivity index (χ1) is 14.7. The number of carbonyl (C=O) groups excluding carboxylic acids is 2. The largest absolute Gasteiger partial charge is 0.449 e. The molecule has 3 aromatic carbocycles. The van der Waals surface area contributed by atoms with Gasteiger partial charge < -0.3 is 4.74 Å². The van der Waals surface area contributed by atoms with Crippen LogP contribution in [0.2, 0.25) is 0 Å². The summed E-state index contributed by atoms with van der Waals surface area (Å²) < 4.78 is 6.57. The van der Waals surface area contributed by atoms with E-state index >= 15 is 0 Å². The number of carbonyl (C=O) groups is 2. The molecule has 0 fully saturated rings. The van der Waals surface area contributed by atoms with Crippen LogP contribution in [0.3, 0.4) is 0 Å². The predicted octanol–water partition coefficient (Wildman–Crippen LogP) is 4.08. The molecule has 0 saturated carbocycles. The molecule has 1 aromatic heterocycles. The van der Waals surface area contributed by atoms with Gasteiger partial charge in [0.2, 0.25) is 0 Å². The van der Waals surface area contributed by atoms with Crippen LogP contribution >= 0.6 is 0 Å². The van der Waals surface area contributed by atoms with E-state index in [2.05, 4.69) is 10.9 Å². The van der Waals surface area contributed by atoms with Crippen LogP contribution in [0.5, 0.6) is 0 Å². The summed E-state index contributed by atoms with van der Waals surface area (Å²) in [5.74, 6) is -0.440. The van der Waals surface area contributed by atoms with Crippen LogP contribution in [0.1, 0.15) is 17.3 Å². The smallest absolute Gasteiger partial charge is 0.426 e. The van der Waals surface area contributed by atoms with Gasteiger partial charge in [0, 0.05) is 16.5 Å². The summed E-state index contributed by atoms with van der Waals surface area (Å²) in [5.41, 5.74) is 8.63. The number of ether oxygens (including phenoxy) is 1. The Balaban J connectivity index is 1.62. The second-order valence-corrected chi connectivity index (χ2v) is 6.49. The third-order valence-electron chi connectivity index (χ3n) is 4.56. The van der Waals surface area contributed by atoms with Gasteiger partial charge in [-0.2, -0.15) is 5.10 Å². The van der Waals surface area contributed by atoms with E-state index in [0.29, 0.717) is 5.56 Å². The van der Waals surface area contributed by atoms with Gasteiger partial charge in [-0.3, -0.25) is 10.2 Å². The maximum Gasteiger partial charge on any atom is 0.426 e. The lowest BCUT2D eigenvalue weighted by molar-refractivity contribution is 0.0912. The van der Waals surface area contributed by atoms with Gasteiger partial charge in [-0.25, -0.2) is 14.9 Å². The van der Waals surface area contributed by atoms with Crippen molar-refractivity contribution in [3.63, 3.8) is 0 Å². The highest BCUT2D eigenvalue weighted by molar-refractivity contribution is 5.96. The number of benzene rings is 3. The van der Waals surface area contributed by atoms with Crippen LogP contribution in [0.4, 0.5) is 4.79 Å². The van der Waals surface area contributed by atoms with Crippen molar-refractivity contribution in [3.05, 3.63) is 84.4 Å². The zero-order chi connectivity index (χ0) is 20.9. The molecule has 2 amide bonds. The zero-order valence-electron chi connectivity index (χ0n) is 16.3. The van der Waals surface area contributed by atoms with E-state index in [9.17, 15) is 9.59 Å². The zero-order valence-corrected chi connectivity index (χ0v) is 16.3. The number of fused-ring (bicyclic) bond motifs is 1. The number of nitrogens with one attached hydrogen (secondary N) is 2. The van der Waals surface area contributed by atoms with Gasteiger partial charge in [0.05, 0.1) is 17.8 Å². The fourth-order valence-corrected chi connectivity index (χ4v) is 3.17. The Morgan fingerprint density at radius 3 is 2.33 bits per heavy atom. The summed E-state index contributed by atoms with van der Waals surface area (Å²) in [6, 6.07) is 25.0. The number of rotatable bonds is 4. The fraction of sp³-hybridized carbons (Fsp3) is 0.0870. The molecule has 0 atom stereocenters. The van der Waals surface area contributed by atoms with E-state index in [1.54, 1.807) is 19.1 Å². The van der Waals surface area contributed by atoms with Crippen molar-refractivity contribution in [1.29, 1.82) is 0 Å². The molecule has 4 rings (SSSR count). The van der Waals surface area contributed by atoms with Gasteiger partial charge in [-0.15, -0.1) is 0 Å². The Hall–Kier alpha value is -4.13. The minimum atomic E-state index is -0.709. The molecule has 1 heterocycles. The Kier molecular flexibility index (Phi) is 5.43. The molecule has 7 heteroatoms. The summed E-state index contributed by atoms with van der Waals surface area (Å²) in [6.45, 7) is 1.90. The Labute approximate surface area is 173 Å². The lowest BCUT2D eigenvalue weighted by Gasteiger charge is -2.08. The molecule has 0 aliphatic rings. The average molecular weight is 400 g/mol. The minimum Gasteiger partial charge on any atom is -0.449 e. The predicted molar refractivity (Wildman–Crippen MR) is 114 cm³/mol. The maximum absolute atomic E-state index is 12.2. The van der Waals surface area contributed by atoms with Gasteiger partial charge in [-0.1, -0.05) is 48.5 Å². The van der Waals surface area contributed by atoms with Crippen molar-refractivity contribution in [3.8, 4) is 16.9 Å². The fourth-order valence-electron chi connectivity index (χ4n) is 3.17. The molecule has 4 aromatic rings. The molecule has 0 aliphatic heterocycles. The maximum atomic E-state index is 12.2. The number of nitrogens with zero attached hydrogens (tertiary/aromatic N) is 2. The first-order valence-electron chi connectivity index (χ1n) is 9.54. The summed E-state index contributed by atoms with van der Waals surface area (Å²) in [6.07, 6.45) is -0.709. The highest BCUT2D eigenvalue weighted by Crippen LogP contribution is 2.29. The summed E-state index contributed by atoms with van der Waals surface area (Å²) >= 11 is 0. The Bertz CT molecular complexity index is 1180. The van der Waals surface area contributed by atoms with E-state index < -0.39 is 12.0 Å². The first kappa shape index (κ1) is 19.2. The SMILES string of the molecule is CCOC(=O)NNC(=O)c1ccc(-n2nc(-c3ccccc3)c3ccccc32)cc1. The molecule has 2 N–H and O–H groups in total. The van der Waals surface area contributed by atoms with Crippen LogP contribution in [-0.4, -0.2) is 28.4 Å². The van der Waals surface area contributed by atoms with Crippen LogP contribution in [-0.2, 0) is 4.74 Å². The molecule has 0 aliphatic carbocycles. The van der Waals surface area contributed by atoms with Gasteiger partial charge >= 0.3 is 6.09 Å². The van der Waals surface area contributed by atoms with Crippen molar-refractivity contribution < 1.29 is 14.3 Å². The lowest BCUT2D eigenvalue weighted by Crippen LogP contribution is -2.41. The third kappa shape index (κ3) is 3.86. The quantitative estimate of drug-likeness (QED) is 0.506. The van der Waals surface area contributed by atoms with Crippen molar-refractivity contribution in [2.24, 2.45) is 0 Å². The van der Waals surface area contributed by atoms with Crippen molar-refractivity contribution in [1.82, 2.24) is 20.6 Å². The summed E-state index contributed by atoms with van der Waals surface area (Å²) in [4.78, 5) is 23.5. The highest BCUT2D eigenvalue weighted by atomic mass is 16.5. The topological polar surface area (TPSA) is 85.3 Å². The monoisotopic (exact) mass is 400 g/mol. The molecule has 0 spiro atoms. The molecule has 0 bridgehead atoms. The number of hydrogen-bond donors (Lipinski definition) is 2. The van der Waals surface area contributed by atoms with Crippen LogP contribution in [0.25, 0.3) is 27.8 Å². The number of para-hydroxylation sites is 1. The van der Waals surface area contributed by atoms with Crippen LogP contribution < -0.4 is 10.9 Å². The van der Waals surface area contributed by atoms with Gasteiger partial charge in [-0.05, 0) is 37.3 Å². The van der Waals surface area contributed by atoms with E-state index in [1.165, 1.54) is 0 Å². The molecule has 0 unspecified atom stereocenters. The highest BCUT2D eigenvalue weighted by Gasteiger charge is 2.14. The Morgan fingerprint density at radius 1 is 0.900 bits per heavy atom. The molecule has 30 heavy (non-hydrogen) atoms. The standard InChI is InChI=1S/C23H20N4O3/c1-2-30-23(29)25-24-22(28)17-12-14-18(15-13-17)27-20-11-7-6-10-19(20)21(26-27)16-8-4-3-5-9-16/h3-15H,2H2,1H3,(H,24,28)(H,25,29). The normalized spacial score (nSPS) is 10.6. The Morgan fingerprint density at radius 2 is 1.60 bits per heavy atom. The van der Waals surface area contributed by atoms with E-state index in [-0.39, 0.29) is 6.61 Å². The van der Waals surface area contributed by atoms with Crippen molar-refractivity contribution >= 4 is 22.9 Å². The van der Waals surface area contributed by atoms with E-state index in [4.69, 9.17) is 9.84 Å². The minimum absolute atomic E-state index is 0.221. The number of hydrazine groups is 1. The van der Waals surface area contributed by atoms with Gasteiger partial charge in [0.1, 0.15) is 5.69 Å². The molecule has 150 valence electrons.